The van der Waals surface area contributed by atoms with E-state index in [0.717, 1.165) is 11.1 Å². The standard InChI is InChI=1S/C29H23N3O5S/c1-32-26(25(18-10-4-3-5-11-18)19-12-6-7-13-20(19)27(32)34)28(35)37-16-24(33)31-29-30-22(17-38-29)21-14-8-9-15-23(21)36-2/h3-15,17H,16H2,1-2H3,(H,30,31,33). The van der Waals surface area contributed by atoms with Crippen molar-refractivity contribution in [1.82, 2.24) is 9.55 Å². The molecule has 1 N–H and O–H groups in total. The van der Waals surface area contributed by atoms with Gasteiger partial charge in [-0.05, 0) is 29.1 Å². The highest BCUT2D eigenvalue weighted by Crippen LogP contribution is 2.32. The van der Waals surface area contributed by atoms with Crippen molar-refractivity contribution in [3.8, 4) is 28.1 Å². The molecule has 2 heterocycles. The van der Waals surface area contributed by atoms with Gasteiger partial charge in [-0.1, -0.05) is 60.7 Å². The topological polar surface area (TPSA) is 99.5 Å². The first kappa shape index (κ1) is 24.9. The van der Waals surface area contributed by atoms with Crippen molar-refractivity contribution >= 4 is 39.1 Å². The molecule has 0 saturated heterocycles. The Labute approximate surface area is 222 Å². The molecular formula is C29H23N3O5S. The largest absolute Gasteiger partial charge is 0.496 e. The fourth-order valence-electron chi connectivity index (χ4n) is 4.27. The number of hydrogen-bond acceptors (Lipinski definition) is 7. The number of anilines is 1. The van der Waals surface area contributed by atoms with E-state index in [1.54, 1.807) is 30.7 Å². The van der Waals surface area contributed by atoms with E-state index < -0.39 is 18.5 Å². The van der Waals surface area contributed by atoms with Gasteiger partial charge in [0.05, 0.1) is 12.8 Å². The number of methoxy groups -OCH3 is 1. The number of nitrogens with one attached hydrogen (secondary N) is 1. The molecule has 0 radical (unpaired) electrons. The van der Waals surface area contributed by atoms with Crippen LogP contribution in [-0.4, -0.2) is 35.1 Å². The van der Waals surface area contributed by atoms with Crippen molar-refractivity contribution < 1.29 is 19.1 Å². The first-order chi connectivity index (χ1) is 18.5. The smallest absolute Gasteiger partial charge is 0.356 e. The van der Waals surface area contributed by atoms with Crippen LogP contribution < -0.4 is 15.6 Å². The summed E-state index contributed by atoms with van der Waals surface area (Å²) in [5.74, 6) is -0.663. The maximum Gasteiger partial charge on any atom is 0.356 e. The van der Waals surface area contributed by atoms with Crippen LogP contribution in [0.15, 0.2) is 89.0 Å². The number of pyridine rings is 1. The molecule has 0 aliphatic carbocycles. The van der Waals surface area contributed by atoms with Gasteiger partial charge in [0.2, 0.25) is 0 Å². The highest BCUT2D eigenvalue weighted by molar-refractivity contribution is 7.14. The number of ether oxygens (including phenoxy) is 2. The number of esters is 1. The molecule has 0 spiro atoms. The molecule has 9 heteroatoms. The summed E-state index contributed by atoms with van der Waals surface area (Å²) in [6.07, 6.45) is 0. The summed E-state index contributed by atoms with van der Waals surface area (Å²) < 4.78 is 12.0. The molecule has 0 aliphatic heterocycles. The monoisotopic (exact) mass is 525 g/mol. The van der Waals surface area contributed by atoms with E-state index in [1.165, 1.54) is 23.0 Å². The molecule has 5 aromatic rings. The minimum absolute atomic E-state index is 0.0698. The van der Waals surface area contributed by atoms with Crippen molar-refractivity contribution in [1.29, 1.82) is 0 Å². The first-order valence-electron chi connectivity index (χ1n) is 11.7. The van der Waals surface area contributed by atoms with Crippen molar-refractivity contribution in [2.45, 2.75) is 0 Å². The Morgan fingerprint density at radius 2 is 1.63 bits per heavy atom. The van der Waals surface area contributed by atoms with Gasteiger partial charge in [0.25, 0.3) is 11.5 Å². The maximum absolute atomic E-state index is 13.3. The van der Waals surface area contributed by atoms with Crippen LogP contribution in [0.3, 0.4) is 0 Å². The summed E-state index contributed by atoms with van der Waals surface area (Å²) >= 11 is 1.24. The lowest BCUT2D eigenvalue weighted by atomic mass is 9.97. The molecule has 190 valence electrons. The van der Waals surface area contributed by atoms with Gasteiger partial charge < -0.3 is 14.0 Å². The number of aromatic nitrogens is 2. The molecule has 8 nitrogen and oxygen atoms in total. The number of para-hydroxylation sites is 1. The molecular weight excluding hydrogens is 502 g/mol. The lowest BCUT2D eigenvalue weighted by molar-refractivity contribution is -0.119. The second-order valence-corrected chi connectivity index (χ2v) is 9.22. The average Bonchev–Trinajstić information content (AvgIpc) is 3.42. The van der Waals surface area contributed by atoms with Gasteiger partial charge in [0, 0.05) is 28.9 Å². The van der Waals surface area contributed by atoms with Crippen LogP contribution in [0.1, 0.15) is 10.5 Å². The van der Waals surface area contributed by atoms with Gasteiger partial charge >= 0.3 is 5.97 Å². The number of amides is 1. The minimum Gasteiger partial charge on any atom is -0.496 e. The SMILES string of the molecule is COc1ccccc1-c1csc(NC(=O)COC(=O)c2c(-c3ccccc3)c3ccccc3c(=O)n2C)n1. The summed E-state index contributed by atoms with van der Waals surface area (Å²) in [6.45, 7) is -0.544. The summed E-state index contributed by atoms with van der Waals surface area (Å²) in [5, 5.41) is 5.93. The van der Waals surface area contributed by atoms with E-state index in [1.807, 2.05) is 60.7 Å². The summed E-state index contributed by atoms with van der Waals surface area (Å²) in [7, 11) is 3.10. The molecule has 0 fully saturated rings. The number of carbonyl (C=O) groups excluding carboxylic acids is 2. The van der Waals surface area contributed by atoms with E-state index in [9.17, 15) is 14.4 Å². The molecule has 0 bridgehead atoms. The fourth-order valence-corrected chi connectivity index (χ4v) is 4.99. The van der Waals surface area contributed by atoms with Gasteiger partial charge in [-0.25, -0.2) is 9.78 Å². The molecule has 0 atom stereocenters. The summed E-state index contributed by atoms with van der Waals surface area (Å²) in [5.41, 5.74) is 2.50. The Morgan fingerprint density at radius 1 is 0.947 bits per heavy atom. The Kier molecular flexibility index (Phi) is 7.01. The Bertz CT molecular complexity index is 1710. The highest BCUT2D eigenvalue weighted by Gasteiger charge is 2.23. The third-order valence-electron chi connectivity index (χ3n) is 6.03. The van der Waals surface area contributed by atoms with Gasteiger partial charge in [-0.2, -0.15) is 0 Å². The lowest BCUT2D eigenvalue weighted by Gasteiger charge is -2.16. The number of benzene rings is 3. The highest BCUT2D eigenvalue weighted by atomic mass is 32.1. The number of fused-ring (bicyclic) bond motifs is 1. The van der Waals surface area contributed by atoms with Crippen molar-refractivity contribution in [2.75, 3.05) is 19.0 Å². The van der Waals surface area contributed by atoms with E-state index >= 15 is 0 Å². The second kappa shape index (κ2) is 10.7. The number of hydrogen-bond donors (Lipinski definition) is 1. The average molecular weight is 526 g/mol. The van der Waals surface area contributed by atoms with Crippen LogP contribution in [0.5, 0.6) is 5.75 Å². The zero-order chi connectivity index (χ0) is 26.6. The number of nitrogens with zero attached hydrogens (tertiary/aromatic N) is 2. The minimum atomic E-state index is -0.779. The summed E-state index contributed by atoms with van der Waals surface area (Å²) in [6, 6.07) is 23.8. The van der Waals surface area contributed by atoms with Crippen molar-refractivity contribution in [3.05, 3.63) is 100 Å². The Balaban J connectivity index is 1.38. The van der Waals surface area contributed by atoms with E-state index in [-0.39, 0.29) is 11.3 Å². The molecule has 38 heavy (non-hydrogen) atoms. The fraction of sp³-hybridized carbons (Fsp3) is 0.103. The van der Waals surface area contributed by atoms with Gasteiger partial charge in [-0.15, -0.1) is 11.3 Å². The summed E-state index contributed by atoms with van der Waals surface area (Å²) in [4.78, 5) is 43.4. The predicted molar refractivity (Wildman–Crippen MR) is 148 cm³/mol. The Morgan fingerprint density at radius 3 is 2.39 bits per heavy atom. The molecule has 1 amide bonds. The predicted octanol–water partition coefficient (Wildman–Crippen LogP) is 5.13. The zero-order valence-electron chi connectivity index (χ0n) is 20.6. The van der Waals surface area contributed by atoms with Crippen molar-refractivity contribution in [2.24, 2.45) is 7.05 Å². The van der Waals surface area contributed by atoms with Crippen molar-refractivity contribution in [3.63, 3.8) is 0 Å². The van der Waals surface area contributed by atoms with Crippen LogP contribution in [0.25, 0.3) is 33.2 Å². The zero-order valence-corrected chi connectivity index (χ0v) is 21.5. The van der Waals surface area contributed by atoms with E-state index in [0.29, 0.717) is 32.9 Å². The first-order valence-corrected chi connectivity index (χ1v) is 12.6. The molecule has 0 unspecified atom stereocenters. The van der Waals surface area contributed by atoms with Crippen LogP contribution >= 0.6 is 11.3 Å². The van der Waals surface area contributed by atoms with Crippen LogP contribution in [0.4, 0.5) is 5.13 Å². The molecule has 0 saturated carbocycles. The van der Waals surface area contributed by atoms with E-state index in [4.69, 9.17) is 9.47 Å². The number of carbonyl (C=O) groups is 2. The molecule has 5 rings (SSSR count). The van der Waals surface area contributed by atoms with E-state index in [2.05, 4.69) is 10.3 Å². The van der Waals surface area contributed by atoms with Gasteiger partial charge in [0.1, 0.15) is 11.4 Å². The second-order valence-electron chi connectivity index (χ2n) is 8.36. The molecule has 0 aliphatic rings. The van der Waals surface area contributed by atoms with Crippen LogP contribution in [0.2, 0.25) is 0 Å². The maximum atomic E-state index is 13.3. The third-order valence-corrected chi connectivity index (χ3v) is 6.79. The lowest BCUT2D eigenvalue weighted by Crippen LogP contribution is -2.28. The third kappa shape index (κ3) is 4.79. The Hall–Kier alpha value is -4.76. The number of rotatable bonds is 7. The molecule has 2 aromatic heterocycles. The molecule has 3 aromatic carbocycles. The van der Waals surface area contributed by atoms with Gasteiger partial charge in [-0.3, -0.25) is 14.9 Å². The van der Waals surface area contributed by atoms with Crippen LogP contribution in [0, 0.1) is 0 Å². The quantitative estimate of drug-likeness (QED) is 0.296. The number of thiazole rings is 1. The van der Waals surface area contributed by atoms with Crippen LogP contribution in [-0.2, 0) is 16.6 Å². The normalized spacial score (nSPS) is 10.8. The van der Waals surface area contributed by atoms with Gasteiger partial charge in [0.15, 0.2) is 11.7 Å².